The van der Waals surface area contributed by atoms with Gasteiger partial charge < -0.3 is 15.3 Å². The van der Waals surface area contributed by atoms with Gasteiger partial charge in [0.25, 0.3) is 5.97 Å². The third-order valence-corrected chi connectivity index (χ3v) is 0.605. The average Bonchev–Trinajstić information content (AvgIpc) is 2.19. The maximum atomic E-state index is 9.37. The highest BCUT2D eigenvalue weighted by atomic mass is 16.4. The van der Waals surface area contributed by atoms with E-state index in [1.807, 2.05) is 6.92 Å². The molecule has 0 bridgehead atoms. The Morgan fingerprint density at radius 3 is 1.06 bits per heavy atom. The molecular weight excluding hydrogens is 228 g/mol. The van der Waals surface area contributed by atoms with E-state index in [9.17, 15) is 9.59 Å². The molecule has 6 nitrogen and oxygen atoms in total. The number of rotatable bonds is 2. The van der Waals surface area contributed by atoms with Crippen LogP contribution in [0.3, 0.4) is 0 Å². The molecule has 0 saturated heterocycles. The van der Waals surface area contributed by atoms with Crippen LogP contribution < -0.4 is 0 Å². The minimum atomic E-state index is -0.833. The topological polar surface area (TPSA) is 112 Å². The Labute approximate surface area is 102 Å². The maximum absolute atomic E-state index is 9.37. The molecule has 0 unspecified atom stereocenters. The van der Waals surface area contributed by atoms with E-state index in [-0.39, 0.29) is 12.8 Å². The molecule has 0 aromatic heterocycles. The van der Waals surface area contributed by atoms with Crippen LogP contribution in [0.2, 0.25) is 0 Å². The van der Waals surface area contributed by atoms with Crippen LogP contribution in [0.15, 0.2) is 12.7 Å². The van der Waals surface area contributed by atoms with Crippen LogP contribution in [0, 0.1) is 0 Å². The van der Waals surface area contributed by atoms with E-state index in [1.165, 1.54) is 0 Å². The predicted molar refractivity (Wildman–Crippen MR) is 65.0 cm³/mol. The van der Waals surface area contributed by atoms with Crippen LogP contribution in [0.4, 0.5) is 0 Å². The molecule has 0 spiro atoms. The molecule has 0 heterocycles. The van der Waals surface area contributed by atoms with Crippen molar-refractivity contribution in [2.45, 2.75) is 40.5 Å². The Bertz CT molecular complexity index is 192. The molecule has 0 aromatic rings. The second-order valence-electron chi connectivity index (χ2n) is 2.42. The van der Waals surface area contributed by atoms with Gasteiger partial charge in [0.15, 0.2) is 0 Å². The molecule has 0 rings (SSSR count). The standard InChI is InChI=1S/2C3H6O2.C3H6.C2H4O2/c2*1-2-3(4)5;1-3-2;1-2(3)4/h2*2H2,1H3,(H,4,5);3H,1H2,2H3;1H3,(H,3,4). The van der Waals surface area contributed by atoms with Crippen LogP contribution in [0.25, 0.3) is 0 Å². The lowest BCUT2D eigenvalue weighted by Gasteiger charge is -1.71. The van der Waals surface area contributed by atoms with Crippen LogP contribution in [-0.2, 0) is 14.4 Å². The van der Waals surface area contributed by atoms with Crippen molar-refractivity contribution < 1.29 is 29.7 Å². The molecule has 102 valence electrons. The van der Waals surface area contributed by atoms with Crippen molar-refractivity contribution in [1.29, 1.82) is 0 Å². The first kappa shape index (κ1) is 24.4. The zero-order valence-corrected chi connectivity index (χ0v) is 10.8. The van der Waals surface area contributed by atoms with Crippen molar-refractivity contribution in [1.82, 2.24) is 0 Å². The third kappa shape index (κ3) is 452. The third-order valence-electron chi connectivity index (χ3n) is 0.605. The van der Waals surface area contributed by atoms with Gasteiger partial charge in [0.1, 0.15) is 0 Å². The summed E-state index contributed by atoms with van der Waals surface area (Å²) in [5.74, 6) is -2.32. The van der Waals surface area contributed by atoms with E-state index in [0.29, 0.717) is 0 Å². The number of hydrogen-bond donors (Lipinski definition) is 3. The van der Waals surface area contributed by atoms with Gasteiger partial charge >= 0.3 is 11.9 Å². The van der Waals surface area contributed by atoms with Gasteiger partial charge in [-0.3, -0.25) is 14.4 Å². The number of allylic oxidation sites excluding steroid dienone is 1. The minimum absolute atomic E-state index is 0.222. The maximum Gasteiger partial charge on any atom is 0.303 e. The van der Waals surface area contributed by atoms with E-state index >= 15 is 0 Å². The largest absolute Gasteiger partial charge is 0.481 e. The van der Waals surface area contributed by atoms with E-state index in [2.05, 4.69) is 6.58 Å². The van der Waals surface area contributed by atoms with E-state index in [4.69, 9.17) is 20.1 Å². The summed E-state index contributed by atoms with van der Waals surface area (Å²) in [6.07, 6.45) is 2.19. The summed E-state index contributed by atoms with van der Waals surface area (Å²) in [5.41, 5.74) is 0. The van der Waals surface area contributed by atoms with Crippen molar-refractivity contribution >= 4 is 17.9 Å². The van der Waals surface area contributed by atoms with Gasteiger partial charge in [-0.25, -0.2) is 0 Å². The lowest BCUT2D eigenvalue weighted by Crippen LogP contribution is -1.86. The highest BCUT2D eigenvalue weighted by Crippen LogP contribution is 1.67. The summed E-state index contributed by atoms with van der Waals surface area (Å²) < 4.78 is 0. The molecule has 6 heteroatoms. The monoisotopic (exact) mass is 250 g/mol. The van der Waals surface area contributed by atoms with Crippen LogP contribution in [0.1, 0.15) is 40.5 Å². The zero-order chi connectivity index (χ0) is 14.9. The smallest absolute Gasteiger partial charge is 0.303 e. The average molecular weight is 250 g/mol. The molecule has 0 aromatic carbocycles. The summed E-state index contributed by atoms with van der Waals surface area (Å²) in [5, 5.41) is 22.9. The quantitative estimate of drug-likeness (QED) is 0.648. The summed E-state index contributed by atoms with van der Waals surface area (Å²) in [4.78, 5) is 27.7. The fourth-order valence-corrected chi connectivity index (χ4v) is 0. The molecule has 0 atom stereocenters. The van der Waals surface area contributed by atoms with Crippen molar-refractivity contribution in [3.05, 3.63) is 12.7 Å². The highest BCUT2D eigenvalue weighted by Gasteiger charge is 1.81. The van der Waals surface area contributed by atoms with Crippen molar-refractivity contribution in [3.63, 3.8) is 0 Å². The van der Waals surface area contributed by atoms with Crippen LogP contribution in [-0.4, -0.2) is 33.2 Å². The van der Waals surface area contributed by atoms with E-state index in [0.717, 1.165) is 6.92 Å². The van der Waals surface area contributed by atoms with E-state index < -0.39 is 17.9 Å². The van der Waals surface area contributed by atoms with Gasteiger partial charge in [0.2, 0.25) is 0 Å². The number of aliphatic carboxylic acids is 3. The molecule has 3 N–H and O–H groups in total. The summed E-state index contributed by atoms with van der Waals surface area (Å²) in [7, 11) is 0. The zero-order valence-electron chi connectivity index (χ0n) is 10.8. The minimum Gasteiger partial charge on any atom is -0.481 e. The highest BCUT2D eigenvalue weighted by molar-refractivity contribution is 5.66. The second-order valence-corrected chi connectivity index (χ2v) is 2.42. The summed E-state index contributed by atoms with van der Waals surface area (Å²) in [6.45, 7) is 9.53. The normalized spacial score (nSPS) is 6.59. The molecule has 0 radical (unpaired) electrons. The first-order valence-corrected chi connectivity index (χ1v) is 4.89. The molecule has 0 aliphatic heterocycles. The Kier molecular flexibility index (Phi) is 34.1. The Morgan fingerprint density at radius 1 is 1.00 bits per heavy atom. The van der Waals surface area contributed by atoms with Gasteiger partial charge in [-0.2, -0.15) is 0 Å². The van der Waals surface area contributed by atoms with Crippen molar-refractivity contribution in [2.75, 3.05) is 0 Å². The van der Waals surface area contributed by atoms with Gasteiger partial charge in [-0.05, 0) is 6.92 Å². The molecule has 17 heavy (non-hydrogen) atoms. The van der Waals surface area contributed by atoms with Gasteiger partial charge in [-0.15, -0.1) is 6.58 Å². The number of carbonyl (C=O) groups is 3. The van der Waals surface area contributed by atoms with Crippen LogP contribution in [0.5, 0.6) is 0 Å². The van der Waals surface area contributed by atoms with E-state index in [1.54, 1.807) is 19.9 Å². The Balaban J connectivity index is -0.0000000676. The van der Waals surface area contributed by atoms with Gasteiger partial charge in [0.05, 0.1) is 0 Å². The number of carboxylic acids is 3. The Morgan fingerprint density at radius 2 is 1.06 bits per heavy atom. The number of carboxylic acid groups (broad SMARTS) is 3. The molecule has 0 amide bonds. The lowest BCUT2D eigenvalue weighted by molar-refractivity contribution is -0.137. The SMILES string of the molecule is C=CC.CC(=O)O.CCC(=O)O.CCC(=O)O. The fraction of sp³-hybridized carbons (Fsp3) is 0.545. The van der Waals surface area contributed by atoms with Gasteiger partial charge in [-0.1, -0.05) is 19.9 Å². The first-order valence-electron chi connectivity index (χ1n) is 4.89. The van der Waals surface area contributed by atoms with Crippen molar-refractivity contribution in [2.24, 2.45) is 0 Å². The molecular formula is C11H22O6. The fourth-order valence-electron chi connectivity index (χ4n) is 0. The molecule has 0 fully saturated rings. The van der Waals surface area contributed by atoms with Gasteiger partial charge in [0, 0.05) is 19.8 Å². The lowest BCUT2D eigenvalue weighted by atomic mass is 10.5. The molecule has 0 saturated carbocycles. The molecule has 0 aliphatic carbocycles. The Hall–Kier alpha value is -1.85. The summed E-state index contributed by atoms with van der Waals surface area (Å²) >= 11 is 0. The van der Waals surface area contributed by atoms with Crippen molar-refractivity contribution in [3.8, 4) is 0 Å². The predicted octanol–water partition coefficient (Wildman–Crippen LogP) is 2.25. The molecule has 0 aliphatic rings. The van der Waals surface area contributed by atoms with Crippen LogP contribution >= 0.6 is 0 Å². The number of hydrogen-bond acceptors (Lipinski definition) is 3. The second kappa shape index (κ2) is 23.8. The summed E-state index contributed by atoms with van der Waals surface area (Å²) in [6, 6.07) is 0. The first-order chi connectivity index (χ1) is 7.69.